The summed E-state index contributed by atoms with van der Waals surface area (Å²) in [5.41, 5.74) is 0. The van der Waals surface area contributed by atoms with Crippen molar-refractivity contribution < 1.29 is 19.4 Å². The number of piperidine rings is 1. The topological polar surface area (TPSA) is 66.8 Å². The summed E-state index contributed by atoms with van der Waals surface area (Å²) in [4.78, 5) is 24.8. The van der Waals surface area contributed by atoms with Crippen LogP contribution in [-0.4, -0.2) is 48.2 Å². The third-order valence-corrected chi connectivity index (χ3v) is 3.93. The minimum Gasteiger partial charge on any atom is -0.481 e. The lowest BCUT2D eigenvalue weighted by Crippen LogP contribution is -2.43. The molecule has 0 saturated carbocycles. The largest absolute Gasteiger partial charge is 0.481 e. The highest BCUT2D eigenvalue weighted by molar-refractivity contribution is 5.78. The SMILES string of the molecule is O=C(O)C1CCCN(C(=O)CC2CCOCC2)C1. The molecule has 1 N–H and O–H groups in total. The Morgan fingerprint density at radius 1 is 1.22 bits per heavy atom. The molecule has 2 saturated heterocycles. The van der Waals surface area contributed by atoms with Crippen molar-refractivity contribution in [1.82, 2.24) is 4.90 Å². The average molecular weight is 255 g/mol. The predicted octanol–water partition coefficient (Wildman–Crippen LogP) is 1.13. The number of hydrogen-bond donors (Lipinski definition) is 1. The van der Waals surface area contributed by atoms with Crippen molar-refractivity contribution in [3.63, 3.8) is 0 Å². The molecule has 0 radical (unpaired) electrons. The Morgan fingerprint density at radius 3 is 2.61 bits per heavy atom. The van der Waals surface area contributed by atoms with E-state index in [0.29, 0.717) is 31.8 Å². The summed E-state index contributed by atoms with van der Waals surface area (Å²) in [6.07, 6.45) is 3.94. The molecule has 0 bridgehead atoms. The van der Waals surface area contributed by atoms with Crippen molar-refractivity contribution in [2.45, 2.75) is 32.1 Å². The van der Waals surface area contributed by atoms with Crippen LogP contribution >= 0.6 is 0 Å². The number of nitrogens with zero attached hydrogens (tertiary/aromatic N) is 1. The highest BCUT2D eigenvalue weighted by Gasteiger charge is 2.29. The molecule has 5 heteroatoms. The number of amides is 1. The van der Waals surface area contributed by atoms with E-state index >= 15 is 0 Å². The van der Waals surface area contributed by atoms with E-state index in [9.17, 15) is 9.59 Å². The Kier molecular flexibility index (Phi) is 4.58. The third-order valence-electron chi connectivity index (χ3n) is 3.93. The Labute approximate surface area is 107 Å². The molecule has 0 aromatic heterocycles. The second-order valence-corrected chi connectivity index (χ2v) is 5.28. The van der Waals surface area contributed by atoms with Gasteiger partial charge in [-0.1, -0.05) is 0 Å². The van der Waals surface area contributed by atoms with Crippen LogP contribution in [-0.2, 0) is 14.3 Å². The molecule has 2 rings (SSSR count). The minimum atomic E-state index is -0.779. The molecule has 0 aromatic carbocycles. The molecule has 18 heavy (non-hydrogen) atoms. The van der Waals surface area contributed by atoms with Gasteiger partial charge in [0.05, 0.1) is 5.92 Å². The lowest BCUT2D eigenvalue weighted by Gasteiger charge is -2.32. The van der Waals surface area contributed by atoms with Gasteiger partial charge in [-0.25, -0.2) is 0 Å². The van der Waals surface area contributed by atoms with Gasteiger partial charge in [-0.05, 0) is 31.6 Å². The van der Waals surface area contributed by atoms with Crippen LogP contribution in [0, 0.1) is 11.8 Å². The standard InChI is InChI=1S/C13H21NO4/c15-12(8-10-3-6-18-7-4-10)14-5-1-2-11(9-14)13(16)17/h10-11H,1-9H2,(H,16,17). The number of ether oxygens (including phenoxy) is 1. The van der Waals surface area contributed by atoms with Gasteiger partial charge in [0.1, 0.15) is 0 Å². The summed E-state index contributed by atoms with van der Waals surface area (Å²) in [7, 11) is 0. The molecule has 5 nitrogen and oxygen atoms in total. The van der Waals surface area contributed by atoms with Crippen LogP contribution in [0.2, 0.25) is 0 Å². The van der Waals surface area contributed by atoms with Crippen molar-refractivity contribution >= 4 is 11.9 Å². The molecule has 2 aliphatic heterocycles. The number of aliphatic carboxylic acids is 1. The monoisotopic (exact) mass is 255 g/mol. The van der Waals surface area contributed by atoms with Crippen LogP contribution in [0.5, 0.6) is 0 Å². The molecule has 0 aliphatic carbocycles. The highest BCUT2D eigenvalue weighted by atomic mass is 16.5. The molecule has 1 unspecified atom stereocenters. The fourth-order valence-electron chi connectivity index (χ4n) is 2.73. The van der Waals surface area contributed by atoms with Gasteiger partial charge in [-0.3, -0.25) is 9.59 Å². The number of likely N-dealkylation sites (tertiary alicyclic amines) is 1. The van der Waals surface area contributed by atoms with Crippen molar-refractivity contribution in [3.05, 3.63) is 0 Å². The van der Waals surface area contributed by atoms with E-state index < -0.39 is 5.97 Å². The van der Waals surface area contributed by atoms with Gasteiger partial charge in [0.15, 0.2) is 0 Å². The maximum Gasteiger partial charge on any atom is 0.308 e. The van der Waals surface area contributed by atoms with Crippen molar-refractivity contribution in [2.24, 2.45) is 11.8 Å². The smallest absolute Gasteiger partial charge is 0.308 e. The molecule has 1 atom stereocenters. The minimum absolute atomic E-state index is 0.118. The van der Waals surface area contributed by atoms with E-state index in [2.05, 4.69) is 0 Å². The molecule has 0 aromatic rings. The van der Waals surface area contributed by atoms with Gasteiger partial charge in [0, 0.05) is 32.7 Å². The lowest BCUT2D eigenvalue weighted by molar-refractivity contribution is -0.146. The Bertz CT molecular complexity index is 312. The summed E-state index contributed by atoms with van der Waals surface area (Å²) >= 11 is 0. The maximum atomic E-state index is 12.1. The first kappa shape index (κ1) is 13.3. The van der Waals surface area contributed by atoms with Gasteiger partial charge in [0.25, 0.3) is 0 Å². The van der Waals surface area contributed by atoms with E-state index in [1.165, 1.54) is 0 Å². The summed E-state index contributed by atoms with van der Waals surface area (Å²) < 4.78 is 5.27. The number of rotatable bonds is 3. The normalized spacial score (nSPS) is 26.0. The van der Waals surface area contributed by atoms with Crippen LogP contribution in [0.15, 0.2) is 0 Å². The first-order valence-corrected chi connectivity index (χ1v) is 6.75. The molecule has 0 spiro atoms. The molecule has 102 valence electrons. The lowest BCUT2D eigenvalue weighted by atomic mass is 9.94. The fourth-order valence-corrected chi connectivity index (χ4v) is 2.73. The average Bonchev–Trinajstić information content (AvgIpc) is 2.40. The van der Waals surface area contributed by atoms with Gasteiger partial charge < -0.3 is 14.7 Å². The van der Waals surface area contributed by atoms with Crippen molar-refractivity contribution in [2.75, 3.05) is 26.3 Å². The van der Waals surface area contributed by atoms with E-state index in [1.54, 1.807) is 4.90 Å². The zero-order chi connectivity index (χ0) is 13.0. The van der Waals surface area contributed by atoms with E-state index in [4.69, 9.17) is 9.84 Å². The Hall–Kier alpha value is -1.10. The number of carbonyl (C=O) groups excluding carboxylic acids is 1. The van der Waals surface area contributed by atoms with Crippen LogP contribution in [0.3, 0.4) is 0 Å². The van der Waals surface area contributed by atoms with E-state index in [1.807, 2.05) is 0 Å². The number of carboxylic acid groups (broad SMARTS) is 1. The first-order valence-electron chi connectivity index (χ1n) is 6.75. The maximum absolute atomic E-state index is 12.1. The molecule has 2 heterocycles. The fraction of sp³-hybridized carbons (Fsp3) is 0.846. The van der Waals surface area contributed by atoms with Crippen LogP contribution in [0.25, 0.3) is 0 Å². The first-order chi connectivity index (χ1) is 8.66. The number of carboxylic acids is 1. The van der Waals surface area contributed by atoms with E-state index in [-0.39, 0.29) is 11.8 Å². The van der Waals surface area contributed by atoms with Crippen molar-refractivity contribution in [1.29, 1.82) is 0 Å². The third kappa shape index (κ3) is 3.45. The Morgan fingerprint density at radius 2 is 1.94 bits per heavy atom. The molecular weight excluding hydrogens is 234 g/mol. The second kappa shape index (κ2) is 6.18. The van der Waals surface area contributed by atoms with Gasteiger partial charge in [0.2, 0.25) is 5.91 Å². The van der Waals surface area contributed by atoms with Crippen molar-refractivity contribution in [3.8, 4) is 0 Å². The summed E-state index contributed by atoms with van der Waals surface area (Å²) in [6.45, 7) is 2.59. The molecular formula is C13H21NO4. The van der Waals surface area contributed by atoms with E-state index in [0.717, 1.165) is 32.5 Å². The zero-order valence-electron chi connectivity index (χ0n) is 10.6. The zero-order valence-corrected chi connectivity index (χ0v) is 10.6. The van der Waals surface area contributed by atoms with Gasteiger partial charge >= 0.3 is 5.97 Å². The molecule has 2 fully saturated rings. The second-order valence-electron chi connectivity index (χ2n) is 5.28. The quantitative estimate of drug-likeness (QED) is 0.821. The van der Waals surface area contributed by atoms with Crippen LogP contribution in [0.1, 0.15) is 32.1 Å². The summed E-state index contributed by atoms with van der Waals surface area (Å²) in [5.74, 6) is -0.625. The number of hydrogen-bond acceptors (Lipinski definition) is 3. The Balaban J connectivity index is 1.82. The van der Waals surface area contributed by atoms with Crippen LogP contribution < -0.4 is 0 Å². The summed E-state index contributed by atoms with van der Waals surface area (Å²) in [5, 5.41) is 9.00. The summed E-state index contributed by atoms with van der Waals surface area (Å²) in [6, 6.07) is 0. The van der Waals surface area contributed by atoms with Crippen LogP contribution in [0.4, 0.5) is 0 Å². The molecule has 2 aliphatic rings. The van der Waals surface area contributed by atoms with Gasteiger partial charge in [-0.2, -0.15) is 0 Å². The highest BCUT2D eigenvalue weighted by Crippen LogP contribution is 2.22. The predicted molar refractivity (Wildman–Crippen MR) is 65.1 cm³/mol. The van der Waals surface area contributed by atoms with Gasteiger partial charge in [-0.15, -0.1) is 0 Å². The number of carbonyl (C=O) groups is 2. The molecule has 1 amide bonds.